The Bertz CT molecular complexity index is 2110. The van der Waals surface area contributed by atoms with Gasteiger partial charge in [0.2, 0.25) is 0 Å². The molecule has 2 unspecified atom stereocenters. The maximum Gasteiger partial charge on any atom is 0.303 e. The Kier molecular flexibility index (Phi) is 20.4. The van der Waals surface area contributed by atoms with E-state index >= 15 is 0 Å². The van der Waals surface area contributed by atoms with Gasteiger partial charge in [0.05, 0.1) is 55.9 Å². The first kappa shape index (κ1) is 63.8. The summed E-state index contributed by atoms with van der Waals surface area (Å²) in [5.74, 6) is -0.0959. The highest BCUT2D eigenvalue weighted by Crippen LogP contribution is 2.67. The van der Waals surface area contributed by atoms with Crippen LogP contribution in [0.25, 0.3) is 0 Å². The highest BCUT2D eigenvalue weighted by atomic mass is 16.8. The Labute approximate surface area is 473 Å². The lowest BCUT2D eigenvalue weighted by molar-refractivity contribution is -0.376. The van der Waals surface area contributed by atoms with Crippen LogP contribution in [-0.4, -0.2) is 257 Å². The predicted octanol–water partition coefficient (Wildman–Crippen LogP) is -0.956. The number of aliphatic hydroxyl groups excluding tert-OH is 10. The lowest BCUT2D eigenvalue weighted by atomic mass is 9.47. The molecule has 0 bridgehead atoms. The zero-order valence-electron chi connectivity index (χ0n) is 48.1. The summed E-state index contributed by atoms with van der Waals surface area (Å²) in [6, 6.07) is 0. The summed E-state index contributed by atoms with van der Waals surface area (Å²) in [6.07, 6.45) is -22.1. The molecule has 0 aromatic heterocycles. The van der Waals surface area contributed by atoms with Crippen molar-refractivity contribution in [3.8, 4) is 0 Å². The summed E-state index contributed by atoms with van der Waals surface area (Å²) >= 11 is 0. The van der Waals surface area contributed by atoms with E-state index in [0.717, 1.165) is 38.5 Å². The molecule has 0 spiro atoms. The summed E-state index contributed by atoms with van der Waals surface area (Å²) in [4.78, 5) is 12.1. The van der Waals surface area contributed by atoms with Crippen molar-refractivity contribution in [1.82, 2.24) is 0 Å². The average Bonchev–Trinajstić information content (AvgIpc) is 3.83. The quantitative estimate of drug-likeness (QED) is 0.0620. The molecule has 0 radical (unpaired) electrons. The molecule has 466 valence electrons. The molecule has 0 amide bonds. The molecular formula is C56H92O25. The van der Waals surface area contributed by atoms with Crippen molar-refractivity contribution < 1.29 is 122 Å². The van der Waals surface area contributed by atoms with Gasteiger partial charge in [0.25, 0.3) is 0 Å². The number of allylic oxidation sites excluding steroid dienone is 1. The normalized spacial score (nSPS) is 52.5. The van der Waals surface area contributed by atoms with Crippen molar-refractivity contribution in [1.29, 1.82) is 0 Å². The number of fused-ring (bicyclic) bond motifs is 5. The number of esters is 1. The third-order valence-corrected chi connectivity index (χ3v) is 20.2. The first-order valence-corrected chi connectivity index (χ1v) is 29.1. The van der Waals surface area contributed by atoms with Crippen molar-refractivity contribution in [3.05, 3.63) is 11.6 Å². The van der Waals surface area contributed by atoms with Crippen LogP contribution in [0.2, 0.25) is 0 Å². The van der Waals surface area contributed by atoms with Crippen LogP contribution in [0.4, 0.5) is 0 Å². The lowest BCUT2D eigenvalue weighted by Gasteiger charge is -2.58. The molecule has 33 atom stereocenters. The third-order valence-electron chi connectivity index (χ3n) is 20.2. The summed E-state index contributed by atoms with van der Waals surface area (Å²) < 4.78 is 85.0. The maximum atomic E-state index is 12.2. The van der Waals surface area contributed by atoms with Gasteiger partial charge < -0.3 is 117 Å². The van der Waals surface area contributed by atoms with Gasteiger partial charge in [-0.05, 0) is 101 Å². The Balaban J connectivity index is 0.831. The number of rotatable bonds is 17. The number of hydrogen-bond acceptors (Lipinski definition) is 25. The fourth-order valence-electron chi connectivity index (χ4n) is 15.7. The van der Waals surface area contributed by atoms with Gasteiger partial charge in [-0.3, -0.25) is 4.79 Å². The van der Waals surface area contributed by atoms with Gasteiger partial charge in [-0.2, -0.15) is 0 Å². The number of aliphatic hydroxyl groups is 10. The molecule has 4 aliphatic carbocycles. The lowest BCUT2D eigenvalue weighted by Crippen LogP contribution is -2.65. The fourth-order valence-corrected chi connectivity index (χ4v) is 15.7. The molecule has 5 heterocycles. The third kappa shape index (κ3) is 12.3. The van der Waals surface area contributed by atoms with Gasteiger partial charge in [0.15, 0.2) is 37.6 Å². The molecule has 81 heavy (non-hydrogen) atoms. The summed E-state index contributed by atoms with van der Waals surface area (Å²) in [7, 11) is 4.40. The summed E-state index contributed by atoms with van der Waals surface area (Å²) in [5, 5.41) is 108. The molecule has 25 heteroatoms. The highest BCUT2D eigenvalue weighted by molar-refractivity contribution is 5.66. The van der Waals surface area contributed by atoms with Crippen molar-refractivity contribution in [2.24, 2.45) is 34.5 Å². The molecule has 10 N–H and O–H groups in total. The van der Waals surface area contributed by atoms with E-state index in [1.807, 2.05) is 13.8 Å². The van der Waals surface area contributed by atoms with Gasteiger partial charge in [0.1, 0.15) is 85.5 Å². The molecule has 9 aliphatic rings. The zero-order chi connectivity index (χ0) is 58.7. The van der Waals surface area contributed by atoms with Gasteiger partial charge >= 0.3 is 5.97 Å². The van der Waals surface area contributed by atoms with E-state index in [0.29, 0.717) is 24.7 Å². The Morgan fingerprint density at radius 3 is 1.90 bits per heavy atom. The van der Waals surface area contributed by atoms with Crippen molar-refractivity contribution in [3.63, 3.8) is 0 Å². The number of ether oxygens (including phenoxy) is 14. The molecule has 9 rings (SSSR count). The minimum atomic E-state index is -1.85. The standard InChI is InChI=1S/C56H92O25/c1-22(73-53-50(48(70-10)39(61)23(2)74-53)81-52-45(67)43(65)41(63)35(79-52)21-71-51-44(66)42(64)40(62)34(20-57)78-51)37-32(59)18-31-29-12-11-27-17-28(13-15-55(27,6)30(29)14-16-56(31,37)7)77-36-19-33(68-8)46(25(4)72-36)80-54-49(76-26(5)58)47(69-9)38(60)24(3)75-54/h11,22-25,28-54,57,59-67H,12-21H2,1-10H3/t22?,23-,24-,25-,28+,29-,30+,31+,32-,33+,34-,35-,36+,37+,38+,39+,40-,41-,42+,43+,44-,45-,46-,47+,48+,49-,50?,51-,52-,53-,54+,55+,56+/m1/s1. The molecule has 5 saturated heterocycles. The number of carbonyl (C=O) groups is 1. The van der Waals surface area contributed by atoms with E-state index in [2.05, 4.69) is 19.9 Å². The topological polar surface area (TPSA) is 349 Å². The van der Waals surface area contributed by atoms with Crippen LogP contribution in [0.5, 0.6) is 0 Å². The van der Waals surface area contributed by atoms with Crippen molar-refractivity contribution >= 4 is 5.97 Å². The van der Waals surface area contributed by atoms with E-state index in [9.17, 15) is 55.9 Å². The SMILES string of the molecule is CO[C@H]1[C@@H](O)[C@@H](C)O[C@@H](O[C@H]2[C@@H](OC)C[C@H](O[C@H]3CC[C@@]4(C)C(=CC[C@H]5[C@@H]6C[C@@H](O)[C@H](C(C)O[C@@H]7O[C@H](C)[C@H](O)[C@H](OC)C7O[C@H]7O[C@H](CO[C@@H]8O[C@H](CO)[C@@H](O)[C@H](O)[C@H]8O)[C@@H](O)[C@H](O)[C@H]7O)[C@@]6(C)CC[C@@H]54)C3)O[C@@H]2C)[C@@H]1OC(C)=O. The molecule has 5 aliphatic heterocycles. The predicted molar refractivity (Wildman–Crippen MR) is 276 cm³/mol. The summed E-state index contributed by atoms with van der Waals surface area (Å²) in [5.41, 5.74) is 0.949. The van der Waals surface area contributed by atoms with Gasteiger partial charge in [0, 0.05) is 40.6 Å². The van der Waals surface area contributed by atoms with Crippen LogP contribution in [0, 0.1) is 34.5 Å². The first-order chi connectivity index (χ1) is 38.4. The van der Waals surface area contributed by atoms with E-state index in [1.54, 1.807) is 21.0 Å². The Hall–Kier alpha value is -1.71. The molecular weight excluding hydrogens is 1070 g/mol. The van der Waals surface area contributed by atoms with E-state index in [4.69, 9.17) is 66.3 Å². The van der Waals surface area contributed by atoms with Crippen LogP contribution in [0.15, 0.2) is 11.6 Å². The van der Waals surface area contributed by atoms with Crippen LogP contribution < -0.4 is 0 Å². The van der Waals surface area contributed by atoms with Gasteiger partial charge in [-0.25, -0.2) is 0 Å². The monoisotopic (exact) mass is 1160 g/mol. The van der Waals surface area contributed by atoms with E-state index in [-0.39, 0.29) is 28.8 Å². The van der Waals surface area contributed by atoms with Crippen LogP contribution in [0.1, 0.15) is 99.8 Å². The average molecular weight is 1170 g/mol. The largest absolute Gasteiger partial charge is 0.454 e. The van der Waals surface area contributed by atoms with Crippen LogP contribution in [-0.2, 0) is 71.1 Å². The fraction of sp³-hybridized carbons (Fsp3) is 0.946. The second-order valence-corrected chi connectivity index (χ2v) is 24.9. The Morgan fingerprint density at radius 2 is 1.26 bits per heavy atom. The van der Waals surface area contributed by atoms with E-state index < -0.39 is 179 Å². The minimum Gasteiger partial charge on any atom is -0.454 e. The van der Waals surface area contributed by atoms with Gasteiger partial charge in [-0.1, -0.05) is 25.5 Å². The van der Waals surface area contributed by atoms with Crippen molar-refractivity contribution in [2.45, 2.75) is 266 Å². The number of carbonyl (C=O) groups excluding carboxylic acids is 1. The maximum absolute atomic E-state index is 12.2. The van der Waals surface area contributed by atoms with Crippen LogP contribution in [0.3, 0.4) is 0 Å². The molecule has 0 aromatic carbocycles. The molecule has 25 nitrogen and oxygen atoms in total. The zero-order valence-corrected chi connectivity index (χ0v) is 48.1. The molecule has 3 saturated carbocycles. The van der Waals surface area contributed by atoms with Crippen molar-refractivity contribution in [2.75, 3.05) is 34.5 Å². The smallest absolute Gasteiger partial charge is 0.303 e. The first-order valence-electron chi connectivity index (χ1n) is 29.1. The number of hydrogen-bond donors (Lipinski definition) is 10. The van der Waals surface area contributed by atoms with E-state index in [1.165, 1.54) is 26.7 Å². The number of methoxy groups -OCH3 is 3. The summed E-state index contributed by atoms with van der Waals surface area (Å²) in [6.45, 7) is 11.7. The van der Waals surface area contributed by atoms with Crippen LogP contribution >= 0.6 is 0 Å². The van der Waals surface area contributed by atoms with Gasteiger partial charge in [-0.15, -0.1) is 0 Å². The Morgan fingerprint density at radius 1 is 0.642 bits per heavy atom. The second kappa shape index (κ2) is 25.9. The molecule has 0 aromatic rings. The molecule has 8 fully saturated rings. The second-order valence-electron chi connectivity index (χ2n) is 24.9. The highest BCUT2D eigenvalue weighted by Gasteiger charge is 2.63. The minimum absolute atomic E-state index is 0.0830.